The van der Waals surface area contributed by atoms with Crippen LogP contribution in [0.5, 0.6) is 23.0 Å². The highest BCUT2D eigenvalue weighted by atomic mass is 32.2. The van der Waals surface area contributed by atoms with Gasteiger partial charge in [-0.15, -0.1) is 0 Å². The molecule has 0 aliphatic carbocycles. The maximum Gasteiger partial charge on any atom is 0.244 e. The van der Waals surface area contributed by atoms with Gasteiger partial charge in [-0.2, -0.15) is 0 Å². The van der Waals surface area contributed by atoms with E-state index in [1.165, 1.54) is 20.3 Å². The summed E-state index contributed by atoms with van der Waals surface area (Å²) >= 11 is 0. The summed E-state index contributed by atoms with van der Waals surface area (Å²) in [4.78, 5) is 0.00931. The van der Waals surface area contributed by atoms with E-state index >= 15 is 0 Å². The second-order valence-corrected chi connectivity index (χ2v) is 8.66. The first-order chi connectivity index (χ1) is 13.7. The van der Waals surface area contributed by atoms with Crippen LogP contribution in [0.25, 0.3) is 0 Å². The van der Waals surface area contributed by atoms with E-state index in [0.29, 0.717) is 29.8 Å². The fourth-order valence-electron chi connectivity index (χ4n) is 2.69. The summed E-state index contributed by atoms with van der Waals surface area (Å²) in [6.07, 6.45) is 0. The van der Waals surface area contributed by atoms with Gasteiger partial charge in [0.15, 0.2) is 11.5 Å². The number of ether oxygens (including phenoxy) is 4. The van der Waals surface area contributed by atoms with Gasteiger partial charge in [-0.05, 0) is 42.7 Å². The minimum atomic E-state index is -3.86. The Balaban J connectivity index is 2.28. The average molecular weight is 424 g/mol. The molecule has 0 saturated heterocycles. The van der Waals surface area contributed by atoms with E-state index in [-0.39, 0.29) is 10.6 Å². The molecule has 0 heterocycles. The van der Waals surface area contributed by atoms with E-state index in [0.717, 1.165) is 5.56 Å². The number of benzene rings is 2. The third-order valence-electron chi connectivity index (χ3n) is 4.25. The Hall–Kier alpha value is -2.45. The topological polar surface area (TPSA) is 83.1 Å². The molecule has 1 N–H and O–H groups in total. The zero-order chi connectivity index (χ0) is 21.6. The van der Waals surface area contributed by atoms with Crippen molar-refractivity contribution in [3.05, 3.63) is 42.0 Å². The van der Waals surface area contributed by atoms with Gasteiger partial charge in [0.05, 0.1) is 27.9 Å². The summed E-state index contributed by atoms with van der Waals surface area (Å²) in [7, 11) is 0.589. The lowest BCUT2D eigenvalue weighted by molar-refractivity contribution is 0.256. The molecule has 29 heavy (non-hydrogen) atoms. The molecule has 8 heteroatoms. The number of nitrogens with one attached hydrogen (secondary N) is 1. The van der Waals surface area contributed by atoms with E-state index in [4.69, 9.17) is 18.9 Å². The van der Waals surface area contributed by atoms with E-state index in [2.05, 4.69) is 18.6 Å². The van der Waals surface area contributed by atoms with Crippen LogP contribution in [0.4, 0.5) is 0 Å². The van der Waals surface area contributed by atoms with Crippen molar-refractivity contribution in [2.75, 3.05) is 27.9 Å². The van der Waals surface area contributed by atoms with E-state index in [1.807, 2.05) is 6.07 Å². The van der Waals surface area contributed by atoms with Crippen molar-refractivity contribution in [3.8, 4) is 23.0 Å². The second-order valence-electron chi connectivity index (χ2n) is 6.97. The first-order valence-electron chi connectivity index (χ1n) is 9.27. The van der Waals surface area contributed by atoms with Crippen LogP contribution in [-0.4, -0.2) is 36.4 Å². The molecular weight excluding hydrogens is 394 g/mol. The van der Waals surface area contributed by atoms with Crippen LogP contribution in [0, 0.1) is 5.92 Å². The van der Waals surface area contributed by atoms with Crippen molar-refractivity contribution in [1.82, 2.24) is 4.72 Å². The van der Waals surface area contributed by atoms with Crippen molar-refractivity contribution in [2.24, 2.45) is 5.92 Å². The fourth-order valence-corrected chi connectivity index (χ4v) is 4.10. The lowest BCUT2D eigenvalue weighted by Crippen LogP contribution is -2.27. The van der Waals surface area contributed by atoms with Gasteiger partial charge in [-0.25, -0.2) is 13.1 Å². The van der Waals surface area contributed by atoms with E-state index in [1.54, 1.807) is 38.3 Å². The van der Waals surface area contributed by atoms with Crippen LogP contribution in [0.2, 0.25) is 0 Å². The van der Waals surface area contributed by atoms with Gasteiger partial charge in [0, 0.05) is 12.1 Å². The fraction of sp³-hybridized carbons (Fsp3) is 0.429. The Labute approximate surface area is 173 Å². The molecule has 0 aromatic heterocycles. The number of sulfonamides is 1. The van der Waals surface area contributed by atoms with Crippen molar-refractivity contribution >= 4 is 10.0 Å². The van der Waals surface area contributed by atoms with Gasteiger partial charge >= 0.3 is 0 Å². The SMILES string of the molecule is COc1ccc(OC)c(S(=O)(=O)NC(C)c2ccc(OCC(C)C)c(OC)c2)c1. The molecule has 0 aliphatic heterocycles. The first kappa shape index (κ1) is 22.8. The zero-order valence-corrected chi connectivity index (χ0v) is 18.5. The number of rotatable bonds is 10. The number of hydrogen-bond acceptors (Lipinski definition) is 6. The molecule has 160 valence electrons. The summed E-state index contributed by atoms with van der Waals surface area (Å²) in [6.45, 7) is 6.44. The maximum atomic E-state index is 13.0. The molecule has 7 nitrogen and oxygen atoms in total. The Morgan fingerprint density at radius 3 is 2.10 bits per heavy atom. The van der Waals surface area contributed by atoms with E-state index < -0.39 is 16.1 Å². The van der Waals surface area contributed by atoms with Gasteiger partial charge < -0.3 is 18.9 Å². The van der Waals surface area contributed by atoms with Gasteiger partial charge in [0.1, 0.15) is 16.4 Å². The van der Waals surface area contributed by atoms with Crippen molar-refractivity contribution in [1.29, 1.82) is 0 Å². The van der Waals surface area contributed by atoms with Gasteiger partial charge in [-0.1, -0.05) is 19.9 Å². The lowest BCUT2D eigenvalue weighted by atomic mass is 10.1. The van der Waals surface area contributed by atoms with Crippen LogP contribution in [-0.2, 0) is 10.0 Å². The molecule has 0 bridgehead atoms. The standard InChI is InChI=1S/C21H29NO6S/c1-14(2)13-28-18-9-7-16(11-20(18)27-6)15(3)22-29(23,24)21-12-17(25-4)8-10-19(21)26-5/h7-12,14-15,22H,13H2,1-6H3. The Morgan fingerprint density at radius 1 is 0.862 bits per heavy atom. The van der Waals surface area contributed by atoms with Gasteiger partial charge in [0.2, 0.25) is 10.0 Å². The van der Waals surface area contributed by atoms with Gasteiger partial charge in [-0.3, -0.25) is 0 Å². The minimum Gasteiger partial charge on any atom is -0.497 e. The summed E-state index contributed by atoms with van der Waals surface area (Å²) in [5.74, 6) is 2.21. The Kier molecular flexibility index (Phi) is 7.75. The van der Waals surface area contributed by atoms with E-state index in [9.17, 15) is 8.42 Å². The lowest BCUT2D eigenvalue weighted by Gasteiger charge is -2.19. The summed E-state index contributed by atoms with van der Waals surface area (Å²) in [5, 5.41) is 0. The molecule has 2 aromatic rings. The summed E-state index contributed by atoms with van der Waals surface area (Å²) in [6, 6.07) is 9.48. The quantitative estimate of drug-likeness (QED) is 0.626. The highest BCUT2D eigenvalue weighted by molar-refractivity contribution is 7.89. The average Bonchev–Trinajstić information content (AvgIpc) is 2.71. The molecule has 0 aliphatic rings. The Morgan fingerprint density at radius 2 is 1.52 bits per heavy atom. The molecule has 0 radical (unpaired) electrons. The summed E-state index contributed by atoms with van der Waals surface area (Å²) in [5.41, 5.74) is 0.740. The largest absolute Gasteiger partial charge is 0.497 e. The predicted octanol–water partition coefficient (Wildman–Crippen LogP) is 3.79. The maximum absolute atomic E-state index is 13.0. The van der Waals surface area contributed by atoms with Crippen LogP contribution < -0.4 is 23.7 Å². The van der Waals surface area contributed by atoms with Crippen molar-refractivity contribution in [2.45, 2.75) is 31.7 Å². The summed E-state index contributed by atoms with van der Waals surface area (Å²) < 4.78 is 50.1. The van der Waals surface area contributed by atoms with Crippen molar-refractivity contribution in [3.63, 3.8) is 0 Å². The molecule has 0 fully saturated rings. The molecule has 0 amide bonds. The molecule has 1 unspecified atom stereocenters. The third kappa shape index (κ3) is 5.77. The highest BCUT2D eigenvalue weighted by Crippen LogP contribution is 2.32. The van der Waals surface area contributed by atoms with Crippen LogP contribution in [0.3, 0.4) is 0 Å². The molecular formula is C21H29NO6S. The molecule has 0 spiro atoms. The van der Waals surface area contributed by atoms with Crippen molar-refractivity contribution < 1.29 is 27.4 Å². The monoisotopic (exact) mass is 423 g/mol. The van der Waals surface area contributed by atoms with Crippen LogP contribution in [0.1, 0.15) is 32.4 Å². The molecule has 2 rings (SSSR count). The third-order valence-corrected chi connectivity index (χ3v) is 5.81. The number of hydrogen-bond donors (Lipinski definition) is 1. The molecule has 0 saturated carbocycles. The zero-order valence-electron chi connectivity index (χ0n) is 17.7. The second kappa shape index (κ2) is 9.84. The van der Waals surface area contributed by atoms with Crippen LogP contribution >= 0.6 is 0 Å². The number of methoxy groups -OCH3 is 3. The Bertz CT molecular complexity index is 927. The first-order valence-corrected chi connectivity index (χ1v) is 10.7. The molecule has 2 aromatic carbocycles. The highest BCUT2D eigenvalue weighted by Gasteiger charge is 2.24. The smallest absolute Gasteiger partial charge is 0.244 e. The molecule has 1 atom stereocenters. The normalized spacial score (nSPS) is 12.5. The minimum absolute atomic E-state index is 0.00931. The predicted molar refractivity (Wildman–Crippen MR) is 112 cm³/mol. The van der Waals surface area contributed by atoms with Crippen LogP contribution in [0.15, 0.2) is 41.3 Å². The van der Waals surface area contributed by atoms with Gasteiger partial charge in [0.25, 0.3) is 0 Å².